The molecule has 32 heavy (non-hydrogen) atoms. The van der Waals surface area contributed by atoms with Gasteiger partial charge in [0.15, 0.2) is 5.82 Å². The number of hydrogen-bond donors (Lipinski definition) is 0. The zero-order valence-corrected chi connectivity index (χ0v) is 17.3. The summed E-state index contributed by atoms with van der Waals surface area (Å²) in [6, 6.07) is 6.91. The number of amides is 1. The highest BCUT2D eigenvalue weighted by Crippen LogP contribution is 2.29. The molecule has 1 amide bonds. The maximum atomic E-state index is 13.9. The fraction of sp³-hybridized carbons (Fsp3) is 0.273. The Balaban J connectivity index is 1.76. The highest BCUT2D eigenvalue weighted by molar-refractivity contribution is 6.00. The Bertz CT molecular complexity index is 1060. The quantitative estimate of drug-likeness (QED) is 0.493. The molecule has 10 heteroatoms. The topological polar surface area (TPSA) is 68.2 Å². The lowest BCUT2D eigenvalue weighted by molar-refractivity contribution is -0.137. The van der Waals surface area contributed by atoms with Gasteiger partial charge in [-0.1, -0.05) is 0 Å². The molecule has 1 atom stereocenters. The van der Waals surface area contributed by atoms with Gasteiger partial charge in [-0.2, -0.15) is 13.2 Å². The van der Waals surface area contributed by atoms with Crippen molar-refractivity contribution in [3.8, 4) is 17.3 Å². The maximum absolute atomic E-state index is 13.9. The van der Waals surface area contributed by atoms with E-state index in [2.05, 4.69) is 15.0 Å². The van der Waals surface area contributed by atoms with E-state index in [0.29, 0.717) is 12.7 Å². The largest absolute Gasteiger partial charge is 0.475 e. The Kier molecular flexibility index (Phi) is 7.01. The molecule has 0 N–H and O–H groups in total. The second-order valence-corrected chi connectivity index (χ2v) is 6.90. The first-order chi connectivity index (χ1) is 15.2. The average Bonchev–Trinajstić information content (AvgIpc) is 2.78. The minimum absolute atomic E-state index is 0.00366. The molecule has 0 saturated carbocycles. The number of hydrogen-bond acceptors (Lipinski definition) is 5. The van der Waals surface area contributed by atoms with Gasteiger partial charge in [0.2, 0.25) is 5.88 Å². The first-order valence-electron chi connectivity index (χ1n) is 9.74. The first-order valence-corrected chi connectivity index (χ1v) is 9.74. The number of aromatic nitrogens is 3. The van der Waals surface area contributed by atoms with Crippen LogP contribution in [0.1, 0.15) is 29.8 Å². The van der Waals surface area contributed by atoms with Gasteiger partial charge < -0.3 is 9.64 Å². The van der Waals surface area contributed by atoms with Gasteiger partial charge in [0, 0.05) is 36.8 Å². The van der Waals surface area contributed by atoms with Crippen LogP contribution in [0.5, 0.6) is 5.88 Å². The number of likely N-dealkylation sites (N-methyl/N-ethyl adjacent to an activating group) is 1. The molecule has 1 aromatic carbocycles. The molecule has 2 heterocycles. The van der Waals surface area contributed by atoms with Crippen LogP contribution in [0.4, 0.5) is 17.6 Å². The Morgan fingerprint density at radius 1 is 1.12 bits per heavy atom. The average molecular weight is 448 g/mol. The van der Waals surface area contributed by atoms with Crippen LogP contribution in [0.25, 0.3) is 11.4 Å². The summed E-state index contributed by atoms with van der Waals surface area (Å²) in [6.45, 7) is 3.81. The molecule has 0 aliphatic heterocycles. The highest BCUT2D eigenvalue weighted by atomic mass is 19.4. The van der Waals surface area contributed by atoms with E-state index in [0.717, 1.165) is 12.1 Å². The molecule has 0 aliphatic rings. The summed E-state index contributed by atoms with van der Waals surface area (Å²) in [5.41, 5.74) is -0.402. The van der Waals surface area contributed by atoms with E-state index in [9.17, 15) is 22.4 Å². The van der Waals surface area contributed by atoms with Crippen LogP contribution in [0.3, 0.4) is 0 Å². The van der Waals surface area contributed by atoms with Gasteiger partial charge in [0.05, 0.1) is 17.2 Å². The predicted octanol–water partition coefficient (Wildman–Crippen LogP) is 4.63. The van der Waals surface area contributed by atoms with E-state index < -0.39 is 23.6 Å². The molecule has 3 aromatic rings. The van der Waals surface area contributed by atoms with Crippen LogP contribution >= 0.6 is 0 Å². The third kappa shape index (κ3) is 5.37. The Morgan fingerprint density at radius 3 is 2.44 bits per heavy atom. The minimum atomic E-state index is -4.49. The van der Waals surface area contributed by atoms with Gasteiger partial charge in [-0.25, -0.2) is 19.3 Å². The lowest BCUT2D eigenvalue weighted by Gasteiger charge is -2.28. The molecule has 0 saturated heterocycles. The van der Waals surface area contributed by atoms with E-state index in [1.165, 1.54) is 35.5 Å². The van der Waals surface area contributed by atoms with E-state index in [4.69, 9.17) is 4.74 Å². The number of halogens is 4. The first kappa shape index (κ1) is 23.1. The summed E-state index contributed by atoms with van der Waals surface area (Å²) >= 11 is 0. The predicted molar refractivity (Wildman–Crippen MR) is 108 cm³/mol. The van der Waals surface area contributed by atoms with Crippen molar-refractivity contribution in [2.75, 3.05) is 13.2 Å². The lowest BCUT2D eigenvalue weighted by atomic mass is 10.0. The molecule has 2 aromatic heterocycles. The van der Waals surface area contributed by atoms with Crippen molar-refractivity contribution in [2.45, 2.75) is 26.1 Å². The third-order valence-corrected chi connectivity index (χ3v) is 4.69. The number of pyridine rings is 1. The second kappa shape index (κ2) is 9.71. The molecule has 0 spiro atoms. The Labute approximate surface area is 181 Å². The molecule has 6 nitrogen and oxygen atoms in total. The smallest absolute Gasteiger partial charge is 0.417 e. The molecular formula is C22H20F4N4O2. The van der Waals surface area contributed by atoms with Crippen LogP contribution in [0.2, 0.25) is 0 Å². The van der Waals surface area contributed by atoms with Crippen molar-refractivity contribution < 1.29 is 27.1 Å². The van der Waals surface area contributed by atoms with E-state index in [-0.39, 0.29) is 35.3 Å². The molecule has 1 unspecified atom stereocenters. The van der Waals surface area contributed by atoms with Gasteiger partial charge >= 0.3 is 6.18 Å². The highest BCUT2D eigenvalue weighted by Gasteiger charge is 2.31. The van der Waals surface area contributed by atoms with Gasteiger partial charge in [0.1, 0.15) is 12.4 Å². The number of carbonyl (C=O) groups excluding carboxylic acids is 1. The standard InChI is InChI=1S/C22H20F4N4O2/c1-3-30(14(2)13-32-19-8-5-15(12-29-19)22(24,25)26)21(31)17-7-6-16(23)11-18(17)20-27-9-4-10-28-20/h4-12,14H,3,13H2,1-2H3. The molecule has 0 radical (unpaired) electrons. The normalized spacial score (nSPS) is 12.3. The molecular weight excluding hydrogens is 428 g/mol. The summed E-state index contributed by atoms with van der Waals surface area (Å²) < 4.78 is 57.3. The van der Waals surface area contributed by atoms with Crippen LogP contribution < -0.4 is 4.74 Å². The van der Waals surface area contributed by atoms with E-state index >= 15 is 0 Å². The molecule has 3 rings (SSSR count). The second-order valence-electron chi connectivity index (χ2n) is 6.90. The molecule has 0 bridgehead atoms. The SMILES string of the molecule is CCN(C(=O)c1ccc(F)cc1-c1ncccn1)C(C)COc1ccc(C(F)(F)F)cn1. The van der Waals surface area contributed by atoms with Crippen LogP contribution in [-0.2, 0) is 6.18 Å². The number of benzene rings is 1. The Hall–Kier alpha value is -3.56. The zero-order valence-electron chi connectivity index (χ0n) is 17.3. The number of ether oxygens (including phenoxy) is 1. The Morgan fingerprint density at radius 2 is 1.84 bits per heavy atom. The maximum Gasteiger partial charge on any atom is 0.417 e. The van der Waals surface area contributed by atoms with Crippen molar-refractivity contribution in [3.05, 3.63) is 71.9 Å². The monoisotopic (exact) mass is 448 g/mol. The number of carbonyl (C=O) groups is 1. The van der Waals surface area contributed by atoms with E-state index in [1.807, 2.05) is 0 Å². The van der Waals surface area contributed by atoms with Crippen LogP contribution in [0, 0.1) is 5.82 Å². The zero-order chi connectivity index (χ0) is 23.3. The summed E-state index contributed by atoms with van der Waals surface area (Å²) in [5, 5.41) is 0. The number of alkyl halides is 3. The summed E-state index contributed by atoms with van der Waals surface area (Å²) in [6.07, 6.45) is -0.813. The van der Waals surface area contributed by atoms with Gasteiger partial charge in [0.25, 0.3) is 5.91 Å². The minimum Gasteiger partial charge on any atom is -0.475 e. The molecule has 168 valence electrons. The van der Waals surface area contributed by atoms with Crippen LogP contribution in [0.15, 0.2) is 55.0 Å². The lowest BCUT2D eigenvalue weighted by Crippen LogP contribution is -2.42. The van der Waals surface area contributed by atoms with Crippen molar-refractivity contribution >= 4 is 5.91 Å². The van der Waals surface area contributed by atoms with Gasteiger partial charge in [-0.3, -0.25) is 4.79 Å². The molecule has 0 fully saturated rings. The summed E-state index contributed by atoms with van der Waals surface area (Å²) in [7, 11) is 0. The van der Waals surface area contributed by atoms with Crippen molar-refractivity contribution in [3.63, 3.8) is 0 Å². The number of rotatable bonds is 7. The van der Waals surface area contributed by atoms with Crippen LogP contribution in [-0.4, -0.2) is 45.0 Å². The van der Waals surface area contributed by atoms with Gasteiger partial charge in [-0.05, 0) is 44.2 Å². The van der Waals surface area contributed by atoms with Gasteiger partial charge in [-0.15, -0.1) is 0 Å². The third-order valence-electron chi connectivity index (χ3n) is 4.69. The van der Waals surface area contributed by atoms with Crippen molar-refractivity contribution in [1.29, 1.82) is 0 Å². The fourth-order valence-electron chi connectivity index (χ4n) is 3.07. The number of nitrogens with zero attached hydrogens (tertiary/aromatic N) is 4. The fourth-order valence-corrected chi connectivity index (χ4v) is 3.07. The van der Waals surface area contributed by atoms with Crippen molar-refractivity contribution in [2.24, 2.45) is 0 Å². The van der Waals surface area contributed by atoms with Crippen molar-refractivity contribution in [1.82, 2.24) is 19.9 Å². The van der Waals surface area contributed by atoms with E-state index in [1.54, 1.807) is 19.9 Å². The summed E-state index contributed by atoms with van der Waals surface area (Å²) in [4.78, 5) is 26.6. The molecule has 0 aliphatic carbocycles. The summed E-state index contributed by atoms with van der Waals surface area (Å²) in [5.74, 6) is -0.694.